The van der Waals surface area contributed by atoms with Crippen molar-refractivity contribution in [3.8, 4) is 23.0 Å². The highest BCUT2D eigenvalue weighted by Gasteiger charge is 2.24. The molecule has 0 bridgehead atoms. The molecule has 0 fully saturated rings. The van der Waals surface area contributed by atoms with Crippen molar-refractivity contribution in [1.82, 2.24) is 10.3 Å². The average molecular weight is 775 g/mol. The lowest BCUT2D eigenvalue weighted by atomic mass is 10.1. The van der Waals surface area contributed by atoms with E-state index in [4.69, 9.17) is 18.9 Å². The highest BCUT2D eigenvalue weighted by Crippen LogP contribution is 2.40. The molecule has 0 saturated carbocycles. The van der Waals surface area contributed by atoms with Gasteiger partial charge in [0.1, 0.15) is 16.7 Å². The number of anilines is 2. The van der Waals surface area contributed by atoms with Crippen LogP contribution in [-0.4, -0.2) is 50.6 Å². The number of rotatable bonds is 15. The van der Waals surface area contributed by atoms with E-state index in [1.165, 1.54) is 50.5 Å². The Bertz CT molecular complexity index is 2310. The van der Waals surface area contributed by atoms with Gasteiger partial charge in [-0.1, -0.05) is 65.9 Å². The molecule has 3 N–H and O–H groups in total. The van der Waals surface area contributed by atoms with Crippen molar-refractivity contribution in [2.75, 3.05) is 38.6 Å². The first-order valence-corrected chi connectivity index (χ1v) is 18.8. The second-order valence-corrected chi connectivity index (χ2v) is 14.0. The molecule has 0 aliphatic carbocycles. The minimum Gasteiger partial charge on any atom is -0.494 e. The van der Waals surface area contributed by atoms with Crippen LogP contribution in [0.25, 0.3) is 16.3 Å². The Morgan fingerprint density at radius 1 is 0.800 bits per heavy atom. The molecule has 1 heterocycles. The van der Waals surface area contributed by atoms with Crippen LogP contribution in [0.3, 0.4) is 0 Å². The van der Waals surface area contributed by atoms with E-state index >= 15 is 0 Å². The van der Waals surface area contributed by atoms with Gasteiger partial charge < -0.3 is 34.9 Å². The van der Waals surface area contributed by atoms with Crippen LogP contribution in [0.5, 0.6) is 23.0 Å². The summed E-state index contributed by atoms with van der Waals surface area (Å²) in [6, 6.07) is 34.1. The molecule has 0 radical (unpaired) electrons. The van der Waals surface area contributed by atoms with E-state index in [1.54, 1.807) is 60.7 Å². The first-order valence-electron chi connectivity index (χ1n) is 17.1. The molecular weight excluding hydrogens is 737 g/mol. The van der Waals surface area contributed by atoms with Gasteiger partial charge in [0.05, 0.1) is 38.2 Å². The molecular formula is C42H38N4O7S2. The fourth-order valence-corrected chi connectivity index (χ4v) is 7.54. The van der Waals surface area contributed by atoms with Crippen molar-refractivity contribution in [2.45, 2.75) is 17.1 Å². The number of thiazole rings is 1. The quantitative estimate of drug-likeness (QED) is 0.0692. The molecule has 6 aromatic rings. The van der Waals surface area contributed by atoms with Gasteiger partial charge in [-0.3, -0.25) is 14.4 Å². The lowest BCUT2D eigenvalue weighted by molar-refractivity contribution is -0.116. The Kier molecular flexibility index (Phi) is 12.7. The van der Waals surface area contributed by atoms with E-state index in [0.29, 0.717) is 45.8 Å². The van der Waals surface area contributed by atoms with Crippen LogP contribution < -0.4 is 34.9 Å². The van der Waals surface area contributed by atoms with Gasteiger partial charge in [-0.05, 0) is 84.8 Å². The van der Waals surface area contributed by atoms with E-state index in [-0.39, 0.29) is 11.6 Å². The van der Waals surface area contributed by atoms with Crippen molar-refractivity contribution in [2.24, 2.45) is 0 Å². The predicted octanol–water partition coefficient (Wildman–Crippen LogP) is 8.60. The number of nitrogens with one attached hydrogen (secondary N) is 3. The van der Waals surface area contributed by atoms with E-state index < -0.39 is 17.1 Å². The third-order valence-corrected chi connectivity index (χ3v) is 10.3. The summed E-state index contributed by atoms with van der Waals surface area (Å²) in [6.45, 7) is 2.47. The van der Waals surface area contributed by atoms with Crippen LogP contribution in [0, 0.1) is 0 Å². The van der Waals surface area contributed by atoms with Gasteiger partial charge >= 0.3 is 0 Å². The second-order valence-electron chi connectivity index (χ2n) is 11.8. The molecule has 5 aromatic carbocycles. The topological polar surface area (TPSA) is 137 Å². The summed E-state index contributed by atoms with van der Waals surface area (Å²) in [5, 5.41) is 8.49. The molecule has 13 heteroatoms. The predicted molar refractivity (Wildman–Crippen MR) is 218 cm³/mol. The Hall–Kier alpha value is -6.31. The molecule has 6 rings (SSSR count). The summed E-state index contributed by atoms with van der Waals surface area (Å²) in [4.78, 5) is 46.5. The fourth-order valence-electron chi connectivity index (χ4n) is 5.56. The number of amides is 3. The number of ether oxygens (including phenoxy) is 4. The van der Waals surface area contributed by atoms with Crippen LogP contribution in [0.4, 0.5) is 10.8 Å². The number of thioether (sulfide) groups is 1. The second kappa shape index (κ2) is 18.1. The molecule has 1 atom stereocenters. The summed E-state index contributed by atoms with van der Waals surface area (Å²) in [5.74, 6) is 0.566. The summed E-state index contributed by atoms with van der Waals surface area (Å²) >= 11 is 2.70. The standard InChI is InChI=1S/C42H38N4O7S2/c1-5-53-30-19-20-32-36(25-30)55-42(45-32)46-41(49)38(27-13-8-6-9-14-27)54-31-18-12-17-29(24-31)43-40(48)33(44-39(47)28-15-10-7-11-16-28)21-26-22-34(50-2)37(52-4)35(23-26)51-3/h6-25,38H,5H2,1-4H3,(H,43,48)(H,44,47)(H,45,46,49)/b33-21+. The van der Waals surface area contributed by atoms with Gasteiger partial charge in [-0.15, -0.1) is 11.8 Å². The Morgan fingerprint density at radius 3 is 2.18 bits per heavy atom. The molecule has 0 aliphatic rings. The molecule has 0 spiro atoms. The van der Waals surface area contributed by atoms with E-state index in [1.807, 2.05) is 61.5 Å². The zero-order valence-electron chi connectivity index (χ0n) is 30.5. The first-order chi connectivity index (χ1) is 26.8. The zero-order chi connectivity index (χ0) is 38.7. The Morgan fingerprint density at radius 2 is 1.51 bits per heavy atom. The Labute approximate surface area is 326 Å². The van der Waals surface area contributed by atoms with E-state index in [2.05, 4.69) is 20.9 Å². The smallest absolute Gasteiger partial charge is 0.272 e. The molecule has 1 unspecified atom stereocenters. The largest absolute Gasteiger partial charge is 0.494 e. The number of nitrogens with zero attached hydrogens (tertiary/aromatic N) is 1. The summed E-state index contributed by atoms with van der Waals surface area (Å²) in [6.07, 6.45) is 1.52. The van der Waals surface area contributed by atoms with Crippen molar-refractivity contribution in [1.29, 1.82) is 0 Å². The number of aromatic nitrogens is 1. The number of methoxy groups -OCH3 is 3. The lowest BCUT2D eigenvalue weighted by Crippen LogP contribution is -2.30. The van der Waals surface area contributed by atoms with Crippen LogP contribution >= 0.6 is 23.1 Å². The van der Waals surface area contributed by atoms with Gasteiger partial charge in [0.2, 0.25) is 11.7 Å². The maximum Gasteiger partial charge on any atom is 0.272 e. The number of carbonyl (C=O) groups excluding carboxylic acids is 3. The van der Waals surface area contributed by atoms with Gasteiger partial charge in [-0.2, -0.15) is 0 Å². The van der Waals surface area contributed by atoms with Crippen molar-refractivity contribution in [3.63, 3.8) is 0 Å². The molecule has 11 nitrogen and oxygen atoms in total. The molecule has 280 valence electrons. The minimum atomic E-state index is -0.654. The average Bonchev–Trinajstić information content (AvgIpc) is 3.61. The normalized spacial score (nSPS) is 11.7. The van der Waals surface area contributed by atoms with Crippen LogP contribution in [0.15, 0.2) is 126 Å². The first kappa shape index (κ1) is 38.4. The van der Waals surface area contributed by atoms with Crippen LogP contribution in [-0.2, 0) is 9.59 Å². The third-order valence-electron chi connectivity index (χ3n) is 8.11. The van der Waals surface area contributed by atoms with Gasteiger partial charge in [0, 0.05) is 16.1 Å². The maximum absolute atomic E-state index is 13.9. The molecule has 3 amide bonds. The van der Waals surface area contributed by atoms with Gasteiger partial charge in [0.15, 0.2) is 16.6 Å². The zero-order valence-corrected chi connectivity index (χ0v) is 32.1. The third kappa shape index (κ3) is 9.63. The molecule has 0 saturated heterocycles. The monoisotopic (exact) mass is 774 g/mol. The number of fused-ring (bicyclic) bond motifs is 1. The minimum absolute atomic E-state index is 0.0352. The summed E-state index contributed by atoms with van der Waals surface area (Å²) in [5.41, 5.74) is 2.84. The number of hydrogen-bond donors (Lipinski definition) is 3. The summed E-state index contributed by atoms with van der Waals surface area (Å²) < 4.78 is 23.0. The highest BCUT2D eigenvalue weighted by molar-refractivity contribution is 8.00. The molecule has 55 heavy (non-hydrogen) atoms. The summed E-state index contributed by atoms with van der Waals surface area (Å²) in [7, 11) is 4.48. The highest BCUT2D eigenvalue weighted by atomic mass is 32.2. The molecule has 1 aromatic heterocycles. The SMILES string of the molecule is CCOc1ccc2nc(NC(=O)C(Sc3cccc(NC(=O)/C(=C\c4cc(OC)c(OC)c(OC)c4)NC(=O)c4ccccc4)c3)c3ccccc3)sc2c1. The van der Waals surface area contributed by atoms with Crippen molar-refractivity contribution < 1.29 is 33.3 Å². The van der Waals surface area contributed by atoms with Crippen molar-refractivity contribution >= 4 is 67.9 Å². The van der Waals surface area contributed by atoms with E-state index in [0.717, 1.165) is 26.4 Å². The van der Waals surface area contributed by atoms with Crippen molar-refractivity contribution in [3.05, 3.63) is 138 Å². The molecule has 0 aliphatic heterocycles. The maximum atomic E-state index is 13.9. The lowest BCUT2D eigenvalue weighted by Gasteiger charge is -2.17. The number of carbonyl (C=O) groups is 3. The number of hydrogen-bond acceptors (Lipinski definition) is 10. The van der Waals surface area contributed by atoms with Gasteiger partial charge in [0.25, 0.3) is 11.8 Å². The van der Waals surface area contributed by atoms with Crippen LogP contribution in [0.2, 0.25) is 0 Å². The van der Waals surface area contributed by atoms with Crippen LogP contribution in [0.1, 0.15) is 33.7 Å². The number of benzene rings is 5. The van der Waals surface area contributed by atoms with Gasteiger partial charge in [-0.25, -0.2) is 4.98 Å². The van der Waals surface area contributed by atoms with E-state index in [9.17, 15) is 14.4 Å². The fraction of sp³-hybridized carbons (Fsp3) is 0.143. The Balaban J connectivity index is 1.26.